The Labute approximate surface area is 180 Å². The Morgan fingerprint density at radius 3 is 2.83 bits per heavy atom. The van der Waals surface area contributed by atoms with Gasteiger partial charge in [-0.25, -0.2) is 0 Å². The zero-order valence-corrected chi connectivity index (χ0v) is 18.2. The number of hydrogen-bond donors (Lipinski definition) is 0. The topological polar surface area (TPSA) is 79.1 Å². The van der Waals surface area contributed by atoms with Crippen LogP contribution in [-0.4, -0.2) is 36.9 Å². The van der Waals surface area contributed by atoms with E-state index in [9.17, 15) is 9.59 Å². The summed E-state index contributed by atoms with van der Waals surface area (Å²) in [5.74, 6) is 1.01. The molecule has 3 rings (SSSR count). The van der Waals surface area contributed by atoms with Crippen LogP contribution < -0.4 is 14.9 Å². The summed E-state index contributed by atoms with van der Waals surface area (Å²) < 4.78 is 13.8. The molecule has 1 aromatic carbocycles. The molecule has 0 fully saturated rings. The molecule has 0 amide bonds. The van der Waals surface area contributed by atoms with Gasteiger partial charge < -0.3 is 18.9 Å². The molecule has 0 bridgehead atoms. The maximum atomic E-state index is 12.6. The summed E-state index contributed by atoms with van der Waals surface area (Å²) in [6.07, 6.45) is 3.80. The van der Waals surface area contributed by atoms with Crippen LogP contribution in [0.3, 0.4) is 0 Å². The molecule has 1 aromatic heterocycles. The summed E-state index contributed by atoms with van der Waals surface area (Å²) in [5.41, 5.74) is 1.19. The standard InChI is InChI=1S/C22H25ClN2O5/c1-13(2)19-12-30-21-10-22(29-7-5-6-24-28-4)17(23)8-15(21)18-9-20(27)16(14(3)26)11-25(18)19/h6,8-11,13,19H,5,7,12H2,1-4H3/b24-6+/t19-/m0/s1. The van der Waals surface area contributed by atoms with Crippen LogP contribution in [-0.2, 0) is 4.84 Å². The molecule has 8 heteroatoms. The molecule has 7 nitrogen and oxygen atoms in total. The SMILES string of the molecule is CO/N=C/CCOc1cc2c(cc1Cl)-c1cc(=O)c(C(C)=O)cn1[C@H](C(C)C)CO2. The van der Waals surface area contributed by atoms with Crippen LogP contribution in [0.4, 0.5) is 0 Å². The molecule has 30 heavy (non-hydrogen) atoms. The minimum atomic E-state index is -0.321. The highest BCUT2D eigenvalue weighted by Gasteiger charge is 2.27. The highest BCUT2D eigenvalue weighted by atomic mass is 35.5. The molecule has 2 heterocycles. The molecule has 0 aliphatic carbocycles. The van der Waals surface area contributed by atoms with Gasteiger partial charge in [-0.15, -0.1) is 0 Å². The van der Waals surface area contributed by atoms with Gasteiger partial charge >= 0.3 is 0 Å². The summed E-state index contributed by atoms with van der Waals surface area (Å²) in [6.45, 7) is 6.30. The summed E-state index contributed by atoms with van der Waals surface area (Å²) in [5, 5.41) is 4.07. The Hall–Kier alpha value is -2.80. The number of rotatable bonds is 7. The van der Waals surface area contributed by atoms with Crippen LogP contribution in [0.25, 0.3) is 11.3 Å². The van der Waals surface area contributed by atoms with Gasteiger partial charge in [0.1, 0.15) is 25.2 Å². The van der Waals surface area contributed by atoms with Crippen LogP contribution in [0.2, 0.25) is 5.02 Å². The molecule has 2 aromatic rings. The number of fused-ring (bicyclic) bond motifs is 3. The number of halogens is 1. The van der Waals surface area contributed by atoms with Crippen molar-refractivity contribution in [3.8, 4) is 22.8 Å². The quantitative estimate of drug-likeness (QED) is 0.281. The summed E-state index contributed by atoms with van der Waals surface area (Å²) in [6, 6.07) is 4.90. The molecule has 160 valence electrons. The van der Waals surface area contributed by atoms with Crippen molar-refractivity contribution in [2.24, 2.45) is 11.1 Å². The molecule has 0 spiro atoms. The molecular weight excluding hydrogens is 408 g/mol. The van der Waals surface area contributed by atoms with E-state index in [2.05, 4.69) is 23.8 Å². The van der Waals surface area contributed by atoms with E-state index in [0.29, 0.717) is 47.4 Å². The predicted octanol–water partition coefficient (Wildman–Crippen LogP) is 4.36. The molecule has 0 saturated heterocycles. The van der Waals surface area contributed by atoms with Crippen molar-refractivity contribution >= 4 is 23.6 Å². The van der Waals surface area contributed by atoms with Gasteiger partial charge in [0.15, 0.2) is 11.2 Å². The van der Waals surface area contributed by atoms with Crippen LogP contribution >= 0.6 is 11.6 Å². The Bertz CT molecular complexity index is 1030. The number of carbonyl (C=O) groups is 1. The molecule has 0 saturated carbocycles. The second-order valence-corrected chi connectivity index (χ2v) is 7.82. The highest BCUT2D eigenvalue weighted by molar-refractivity contribution is 6.32. The molecule has 0 N–H and O–H groups in total. The molecule has 1 atom stereocenters. The van der Waals surface area contributed by atoms with Gasteiger partial charge in [0.2, 0.25) is 0 Å². The van der Waals surface area contributed by atoms with Crippen molar-refractivity contribution in [2.45, 2.75) is 33.2 Å². The van der Waals surface area contributed by atoms with Crippen molar-refractivity contribution in [1.29, 1.82) is 0 Å². The fraction of sp³-hybridized carbons (Fsp3) is 0.409. The van der Waals surface area contributed by atoms with Crippen LogP contribution in [0, 0.1) is 5.92 Å². The van der Waals surface area contributed by atoms with Gasteiger partial charge in [0, 0.05) is 36.5 Å². The van der Waals surface area contributed by atoms with Gasteiger partial charge in [-0.2, -0.15) is 0 Å². The van der Waals surface area contributed by atoms with Crippen molar-refractivity contribution in [2.75, 3.05) is 20.3 Å². The predicted molar refractivity (Wildman–Crippen MR) is 116 cm³/mol. The number of carbonyl (C=O) groups excluding carboxylic acids is 1. The third-order valence-electron chi connectivity index (χ3n) is 4.99. The monoisotopic (exact) mass is 432 g/mol. The van der Waals surface area contributed by atoms with Crippen LogP contribution in [0.5, 0.6) is 11.5 Å². The number of Topliss-reactive ketones (excluding diaryl/α,β-unsaturated/α-hetero) is 1. The first-order valence-electron chi connectivity index (χ1n) is 9.75. The van der Waals surface area contributed by atoms with Gasteiger partial charge in [0.25, 0.3) is 0 Å². The molecule has 1 aliphatic rings. The van der Waals surface area contributed by atoms with E-state index in [4.69, 9.17) is 21.1 Å². The van der Waals surface area contributed by atoms with Crippen molar-refractivity contribution < 1.29 is 19.1 Å². The van der Waals surface area contributed by atoms with E-state index in [1.54, 1.807) is 24.5 Å². The number of oxime groups is 1. The van der Waals surface area contributed by atoms with Gasteiger partial charge in [0.05, 0.1) is 28.9 Å². The average Bonchev–Trinajstić information content (AvgIpc) is 2.83. The second-order valence-electron chi connectivity index (χ2n) is 7.41. The van der Waals surface area contributed by atoms with Gasteiger partial charge in [-0.3, -0.25) is 9.59 Å². The van der Waals surface area contributed by atoms with Crippen LogP contribution in [0.1, 0.15) is 43.6 Å². The third-order valence-corrected chi connectivity index (χ3v) is 5.29. The highest BCUT2D eigenvalue weighted by Crippen LogP contribution is 2.42. The van der Waals surface area contributed by atoms with E-state index in [1.807, 2.05) is 4.57 Å². The number of hydrogen-bond acceptors (Lipinski definition) is 6. The first-order valence-corrected chi connectivity index (χ1v) is 10.1. The lowest BCUT2D eigenvalue weighted by Crippen LogP contribution is -2.25. The average molecular weight is 433 g/mol. The number of nitrogens with zero attached hydrogens (tertiary/aromatic N) is 2. The molecule has 1 aliphatic heterocycles. The zero-order valence-electron chi connectivity index (χ0n) is 17.5. The first kappa shape index (κ1) is 21.9. The Morgan fingerprint density at radius 1 is 1.40 bits per heavy atom. The second kappa shape index (κ2) is 9.34. The first-order chi connectivity index (χ1) is 14.3. The largest absolute Gasteiger partial charge is 0.492 e. The van der Waals surface area contributed by atoms with E-state index in [1.165, 1.54) is 20.1 Å². The zero-order chi connectivity index (χ0) is 21.8. The van der Waals surface area contributed by atoms with E-state index in [0.717, 1.165) is 0 Å². The Morgan fingerprint density at radius 2 is 2.17 bits per heavy atom. The van der Waals surface area contributed by atoms with Gasteiger partial charge in [-0.1, -0.05) is 30.6 Å². The lowest BCUT2D eigenvalue weighted by molar-refractivity contribution is 0.101. The minimum Gasteiger partial charge on any atom is -0.492 e. The van der Waals surface area contributed by atoms with E-state index in [-0.39, 0.29) is 28.7 Å². The number of benzene rings is 1. The van der Waals surface area contributed by atoms with E-state index < -0.39 is 0 Å². The fourth-order valence-electron chi connectivity index (χ4n) is 3.39. The maximum absolute atomic E-state index is 12.6. The maximum Gasteiger partial charge on any atom is 0.192 e. The normalized spacial score (nSPS) is 15.3. The van der Waals surface area contributed by atoms with Crippen LogP contribution in [0.15, 0.2) is 34.3 Å². The number of aromatic nitrogens is 1. The lowest BCUT2D eigenvalue weighted by Gasteiger charge is -2.24. The van der Waals surface area contributed by atoms with Gasteiger partial charge in [-0.05, 0) is 18.9 Å². The molecular formula is C22H25ClN2O5. The number of ether oxygens (including phenoxy) is 2. The minimum absolute atomic E-state index is 0.0560. The fourth-order valence-corrected chi connectivity index (χ4v) is 3.61. The lowest BCUT2D eigenvalue weighted by atomic mass is 10.0. The summed E-state index contributed by atoms with van der Waals surface area (Å²) in [4.78, 5) is 29.1. The third kappa shape index (κ3) is 4.51. The smallest absolute Gasteiger partial charge is 0.192 e. The summed E-state index contributed by atoms with van der Waals surface area (Å²) >= 11 is 6.46. The Balaban J connectivity index is 2.05. The molecule has 0 unspecified atom stereocenters. The van der Waals surface area contributed by atoms with Crippen molar-refractivity contribution in [3.05, 3.63) is 45.2 Å². The summed E-state index contributed by atoms with van der Waals surface area (Å²) in [7, 11) is 1.48. The Kier molecular flexibility index (Phi) is 6.82. The number of ketones is 1. The number of pyridine rings is 1. The van der Waals surface area contributed by atoms with E-state index >= 15 is 0 Å². The molecule has 0 radical (unpaired) electrons. The van der Waals surface area contributed by atoms with Crippen molar-refractivity contribution in [1.82, 2.24) is 4.57 Å². The van der Waals surface area contributed by atoms with Crippen molar-refractivity contribution in [3.63, 3.8) is 0 Å².